The van der Waals surface area contributed by atoms with Gasteiger partial charge in [0.2, 0.25) is 0 Å². The zero-order chi connectivity index (χ0) is 17.6. The van der Waals surface area contributed by atoms with Crippen LogP contribution in [0.3, 0.4) is 0 Å². The van der Waals surface area contributed by atoms with Crippen LogP contribution in [0, 0.1) is 11.3 Å². The average Bonchev–Trinajstić information content (AvgIpc) is 2.68. The molecule has 1 aliphatic heterocycles. The molecule has 1 aliphatic rings. The number of amides is 1. The third kappa shape index (κ3) is 4.11. The first kappa shape index (κ1) is 16.9. The second-order valence-corrected chi connectivity index (χ2v) is 6.05. The maximum atomic E-state index is 12.5. The molecule has 0 aromatic heterocycles. The Kier molecular flexibility index (Phi) is 5.22. The summed E-state index contributed by atoms with van der Waals surface area (Å²) in [4.78, 5) is 28.7. The molecule has 0 saturated carbocycles. The van der Waals surface area contributed by atoms with Crippen LogP contribution in [0.4, 0.5) is 0 Å². The van der Waals surface area contributed by atoms with E-state index in [2.05, 4.69) is 11.0 Å². The summed E-state index contributed by atoms with van der Waals surface area (Å²) in [5, 5.41) is 8.95. The van der Waals surface area contributed by atoms with Crippen LogP contribution in [0.2, 0.25) is 0 Å². The van der Waals surface area contributed by atoms with Crippen LogP contribution in [-0.2, 0) is 0 Å². The quantitative estimate of drug-likeness (QED) is 0.805. The number of rotatable bonds is 4. The van der Waals surface area contributed by atoms with E-state index in [4.69, 9.17) is 5.26 Å². The Morgan fingerprint density at radius 2 is 1.60 bits per heavy atom. The van der Waals surface area contributed by atoms with E-state index >= 15 is 0 Å². The Morgan fingerprint density at radius 1 is 0.920 bits per heavy atom. The van der Waals surface area contributed by atoms with Crippen molar-refractivity contribution in [1.29, 1.82) is 5.26 Å². The van der Waals surface area contributed by atoms with Gasteiger partial charge in [0.15, 0.2) is 5.78 Å². The Hall–Kier alpha value is -2.97. The van der Waals surface area contributed by atoms with Gasteiger partial charge in [-0.1, -0.05) is 36.4 Å². The van der Waals surface area contributed by atoms with Crippen molar-refractivity contribution in [3.05, 3.63) is 71.3 Å². The van der Waals surface area contributed by atoms with Gasteiger partial charge in [0, 0.05) is 37.3 Å². The molecule has 3 rings (SSSR count). The molecule has 0 bridgehead atoms. The lowest BCUT2D eigenvalue weighted by molar-refractivity contribution is 0.0624. The number of carbonyl (C=O) groups is 2. The van der Waals surface area contributed by atoms with Gasteiger partial charge in [-0.3, -0.25) is 14.5 Å². The second kappa shape index (κ2) is 7.73. The molecule has 1 amide bonds. The van der Waals surface area contributed by atoms with E-state index < -0.39 is 0 Å². The fourth-order valence-electron chi connectivity index (χ4n) is 2.93. The minimum absolute atomic E-state index is 0.0638. The Morgan fingerprint density at radius 3 is 2.28 bits per heavy atom. The van der Waals surface area contributed by atoms with Crippen LogP contribution in [0.15, 0.2) is 54.6 Å². The monoisotopic (exact) mass is 333 g/mol. The summed E-state index contributed by atoms with van der Waals surface area (Å²) in [5.74, 6) is 0.0354. The van der Waals surface area contributed by atoms with Gasteiger partial charge >= 0.3 is 0 Å². The summed E-state index contributed by atoms with van der Waals surface area (Å²) in [6, 6.07) is 18.1. The number of hydrogen-bond donors (Lipinski definition) is 0. The highest BCUT2D eigenvalue weighted by Gasteiger charge is 2.23. The number of carbonyl (C=O) groups excluding carboxylic acids is 2. The number of hydrogen-bond acceptors (Lipinski definition) is 4. The summed E-state index contributed by atoms with van der Waals surface area (Å²) in [7, 11) is 0. The van der Waals surface area contributed by atoms with E-state index in [-0.39, 0.29) is 11.7 Å². The van der Waals surface area contributed by atoms with Crippen LogP contribution >= 0.6 is 0 Å². The normalized spacial score (nSPS) is 14.8. The van der Waals surface area contributed by atoms with E-state index in [0.717, 1.165) is 0 Å². The Balaban J connectivity index is 1.55. The predicted octanol–water partition coefficient (Wildman–Crippen LogP) is 2.20. The number of nitrogens with zero attached hydrogens (tertiary/aromatic N) is 3. The molecule has 1 heterocycles. The molecule has 0 unspecified atom stereocenters. The standard InChI is InChI=1S/C20H19N3O2/c21-14-16-5-4-8-18(13-16)20(25)23-11-9-22(10-12-23)15-19(24)17-6-2-1-3-7-17/h1-8,13H,9-12,15H2. The van der Waals surface area contributed by atoms with Gasteiger partial charge in [0.1, 0.15) is 0 Å². The molecule has 5 nitrogen and oxygen atoms in total. The summed E-state index contributed by atoms with van der Waals surface area (Å²) < 4.78 is 0. The smallest absolute Gasteiger partial charge is 0.253 e. The Labute approximate surface area is 147 Å². The molecule has 5 heteroatoms. The van der Waals surface area contributed by atoms with Gasteiger partial charge in [-0.05, 0) is 18.2 Å². The molecular weight excluding hydrogens is 314 g/mol. The summed E-state index contributed by atoms with van der Waals surface area (Å²) in [6.07, 6.45) is 0. The number of benzene rings is 2. The van der Waals surface area contributed by atoms with Crippen LogP contribution in [0.5, 0.6) is 0 Å². The number of piperazine rings is 1. The lowest BCUT2D eigenvalue weighted by Crippen LogP contribution is -2.49. The van der Waals surface area contributed by atoms with Gasteiger partial charge < -0.3 is 4.90 Å². The van der Waals surface area contributed by atoms with Crippen molar-refractivity contribution in [1.82, 2.24) is 9.80 Å². The average molecular weight is 333 g/mol. The summed E-state index contributed by atoms with van der Waals surface area (Å²) >= 11 is 0. The molecule has 0 N–H and O–H groups in total. The van der Waals surface area contributed by atoms with Gasteiger partial charge in [-0.15, -0.1) is 0 Å². The van der Waals surface area contributed by atoms with Crippen molar-refractivity contribution in [3.8, 4) is 6.07 Å². The highest BCUT2D eigenvalue weighted by atomic mass is 16.2. The third-order valence-electron chi connectivity index (χ3n) is 4.36. The highest BCUT2D eigenvalue weighted by Crippen LogP contribution is 2.11. The van der Waals surface area contributed by atoms with Crippen molar-refractivity contribution >= 4 is 11.7 Å². The first-order chi connectivity index (χ1) is 12.2. The minimum Gasteiger partial charge on any atom is -0.336 e. The van der Waals surface area contributed by atoms with Crippen molar-refractivity contribution in [2.75, 3.05) is 32.7 Å². The molecule has 2 aromatic carbocycles. The molecule has 25 heavy (non-hydrogen) atoms. The molecule has 0 radical (unpaired) electrons. The van der Waals surface area contributed by atoms with E-state index in [1.165, 1.54) is 0 Å². The zero-order valence-electron chi connectivity index (χ0n) is 13.9. The highest BCUT2D eigenvalue weighted by molar-refractivity contribution is 5.97. The van der Waals surface area contributed by atoms with Crippen molar-refractivity contribution in [2.45, 2.75) is 0 Å². The topological polar surface area (TPSA) is 64.4 Å². The number of nitriles is 1. The van der Waals surface area contributed by atoms with Gasteiger partial charge in [0.25, 0.3) is 5.91 Å². The van der Waals surface area contributed by atoms with Crippen molar-refractivity contribution in [3.63, 3.8) is 0 Å². The van der Waals surface area contributed by atoms with Crippen LogP contribution < -0.4 is 0 Å². The molecule has 126 valence electrons. The maximum absolute atomic E-state index is 12.5. The fraction of sp³-hybridized carbons (Fsp3) is 0.250. The van der Waals surface area contributed by atoms with E-state index in [1.54, 1.807) is 29.2 Å². The summed E-state index contributed by atoms with van der Waals surface area (Å²) in [5.41, 5.74) is 1.74. The van der Waals surface area contributed by atoms with Crippen LogP contribution in [-0.4, -0.2) is 54.2 Å². The molecule has 1 saturated heterocycles. The third-order valence-corrected chi connectivity index (χ3v) is 4.36. The van der Waals surface area contributed by atoms with Gasteiger partial charge in [-0.2, -0.15) is 5.26 Å². The second-order valence-electron chi connectivity index (χ2n) is 6.05. The molecule has 0 spiro atoms. The Bertz CT molecular complexity index is 803. The van der Waals surface area contributed by atoms with Crippen LogP contribution in [0.1, 0.15) is 26.3 Å². The molecule has 0 atom stereocenters. The molecule has 2 aromatic rings. The predicted molar refractivity (Wildman–Crippen MR) is 94.3 cm³/mol. The van der Waals surface area contributed by atoms with Gasteiger partial charge in [0.05, 0.1) is 18.2 Å². The number of ketones is 1. The van der Waals surface area contributed by atoms with E-state index in [1.807, 2.05) is 30.3 Å². The summed E-state index contributed by atoms with van der Waals surface area (Å²) in [6.45, 7) is 2.87. The van der Waals surface area contributed by atoms with E-state index in [0.29, 0.717) is 49.4 Å². The van der Waals surface area contributed by atoms with E-state index in [9.17, 15) is 9.59 Å². The minimum atomic E-state index is -0.0638. The van der Waals surface area contributed by atoms with Crippen molar-refractivity contribution < 1.29 is 9.59 Å². The lowest BCUT2D eigenvalue weighted by atomic mass is 10.1. The largest absolute Gasteiger partial charge is 0.336 e. The van der Waals surface area contributed by atoms with Crippen LogP contribution in [0.25, 0.3) is 0 Å². The molecular formula is C20H19N3O2. The first-order valence-electron chi connectivity index (χ1n) is 8.27. The molecule has 0 aliphatic carbocycles. The SMILES string of the molecule is N#Cc1cccc(C(=O)N2CCN(CC(=O)c3ccccc3)CC2)c1. The fourth-order valence-corrected chi connectivity index (χ4v) is 2.93. The molecule has 1 fully saturated rings. The number of Topliss-reactive ketones (excluding diaryl/α,β-unsaturated/α-hetero) is 1. The van der Waals surface area contributed by atoms with Crippen molar-refractivity contribution in [2.24, 2.45) is 0 Å². The first-order valence-corrected chi connectivity index (χ1v) is 8.27. The zero-order valence-corrected chi connectivity index (χ0v) is 13.9. The maximum Gasteiger partial charge on any atom is 0.253 e. The lowest BCUT2D eigenvalue weighted by Gasteiger charge is -2.34. The van der Waals surface area contributed by atoms with Gasteiger partial charge in [-0.25, -0.2) is 0 Å².